The van der Waals surface area contributed by atoms with Crippen molar-refractivity contribution >= 4 is 34.2 Å². The number of carbonyl (C=O) groups excluding carboxylic acids is 3. The number of esters is 1. The van der Waals surface area contributed by atoms with E-state index in [-0.39, 0.29) is 18.4 Å². The van der Waals surface area contributed by atoms with Crippen molar-refractivity contribution in [2.75, 3.05) is 24.6 Å². The Hall–Kier alpha value is -3.67. The number of nitrogens with one attached hydrogen (secondary N) is 1. The molecule has 0 atom stereocenters. The Labute approximate surface area is 181 Å². The lowest BCUT2D eigenvalue weighted by Gasteiger charge is -2.22. The van der Waals surface area contributed by atoms with Gasteiger partial charge in [0.2, 0.25) is 0 Å². The Morgan fingerprint density at radius 1 is 0.935 bits per heavy atom. The van der Waals surface area contributed by atoms with Gasteiger partial charge in [-0.3, -0.25) is 14.4 Å². The molecule has 3 aromatic carbocycles. The minimum atomic E-state index is -0.667. The first-order valence-corrected chi connectivity index (χ1v) is 10.2. The molecule has 160 valence electrons. The fourth-order valence-corrected chi connectivity index (χ4v) is 3.56. The van der Waals surface area contributed by atoms with Crippen molar-refractivity contribution in [1.82, 2.24) is 5.32 Å². The first kappa shape index (κ1) is 22.0. The zero-order chi connectivity index (χ0) is 22.4. The lowest BCUT2D eigenvalue weighted by atomic mass is 10.1. The minimum Gasteiger partial charge on any atom is -0.454 e. The molecule has 2 amide bonds. The number of rotatable bonds is 7. The van der Waals surface area contributed by atoms with Crippen LogP contribution in [0.25, 0.3) is 10.8 Å². The molecular weight excluding hydrogens is 392 g/mol. The summed E-state index contributed by atoms with van der Waals surface area (Å²) in [5.41, 5.74) is 3.18. The molecule has 6 nitrogen and oxygen atoms in total. The molecule has 31 heavy (non-hydrogen) atoms. The first-order chi connectivity index (χ1) is 14.9. The van der Waals surface area contributed by atoms with Crippen LogP contribution in [-0.4, -0.2) is 37.5 Å². The van der Waals surface area contributed by atoms with Gasteiger partial charge in [0.1, 0.15) is 6.54 Å². The highest BCUT2D eigenvalue weighted by Gasteiger charge is 2.18. The largest absolute Gasteiger partial charge is 0.454 e. The summed E-state index contributed by atoms with van der Waals surface area (Å²) in [6, 6.07) is 19.0. The van der Waals surface area contributed by atoms with Crippen LogP contribution >= 0.6 is 0 Å². The summed E-state index contributed by atoms with van der Waals surface area (Å²) >= 11 is 0. The molecule has 0 aliphatic heterocycles. The van der Waals surface area contributed by atoms with Crippen LogP contribution in [0.5, 0.6) is 0 Å². The van der Waals surface area contributed by atoms with Crippen molar-refractivity contribution in [3.8, 4) is 0 Å². The maximum Gasteiger partial charge on any atom is 0.325 e. The van der Waals surface area contributed by atoms with Crippen molar-refractivity contribution in [3.05, 3.63) is 77.4 Å². The number of aryl methyl sites for hydroxylation is 2. The molecule has 1 N–H and O–H groups in total. The number of fused-ring (bicyclic) bond motifs is 1. The smallest absolute Gasteiger partial charge is 0.325 e. The number of carbonyl (C=O) groups is 3. The molecular formula is C25H26N2O4. The van der Waals surface area contributed by atoms with Gasteiger partial charge in [-0.2, -0.15) is 0 Å². The van der Waals surface area contributed by atoms with Gasteiger partial charge in [-0.25, -0.2) is 0 Å². The second-order valence-corrected chi connectivity index (χ2v) is 7.36. The maximum atomic E-state index is 12.7. The fraction of sp³-hybridized carbons (Fsp3) is 0.240. The van der Waals surface area contributed by atoms with Crippen molar-refractivity contribution in [3.63, 3.8) is 0 Å². The highest BCUT2D eigenvalue weighted by atomic mass is 16.5. The average Bonchev–Trinajstić information content (AvgIpc) is 2.76. The zero-order valence-electron chi connectivity index (χ0n) is 18.0. The highest BCUT2D eigenvalue weighted by molar-refractivity contribution is 6.04. The quantitative estimate of drug-likeness (QED) is 0.593. The summed E-state index contributed by atoms with van der Waals surface area (Å²) < 4.78 is 5.11. The molecule has 3 aromatic rings. The van der Waals surface area contributed by atoms with E-state index in [1.165, 1.54) is 0 Å². The number of ether oxygens (including phenoxy) is 1. The Morgan fingerprint density at radius 2 is 1.61 bits per heavy atom. The van der Waals surface area contributed by atoms with Gasteiger partial charge >= 0.3 is 5.97 Å². The Balaban J connectivity index is 1.57. The van der Waals surface area contributed by atoms with Gasteiger partial charge in [-0.1, -0.05) is 53.6 Å². The Bertz CT molecular complexity index is 1100. The van der Waals surface area contributed by atoms with E-state index >= 15 is 0 Å². The molecule has 0 aliphatic rings. The standard InChI is InChI=1S/C25H26N2O4/c1-4-27(22-11-7-9-19-8-5-6-10-21(19)22)23(28)16-31-24(29)15-26-25(30)20-13-17(2)12-18(3)14-20/h5-14H,4,15-16H2,1-3H3,(H,26,30). The van der Waals surface area contributed by atoms with E-state index in [2.05, 4.69) is 5.32 Å². The average molecular weight is 418 g/mol. The molecule has 0 radical (unpaired) electrons. The van der Waals surface area contributed by atoms with Crippen molar-refractivity contribution < 1.29 is 19.1 Å². The molecule has 0 unspecified atom stereocenters. The van der Waals surface area contributed by atoms with Crippen molar-refractivity contribution in [2.24, 2.45) is 0 Å². The summed E-state index contributed by atoms with van der Waals surface area (Å²) in [6.45, 7) is 5.41. The third kappa shape index (κ3) is 5.48. The SMILES string of the molecule is CCN(C(=O)COC(=O)CNC(=O)c1cc(C)cc(C)c1)c1cccc2ccccc12. The number of likely N-dealkylation sites (N-methyl/N-ethyl adjacent to an activating group) is 1. The zero-order valence-corrected chi connectivity index (χ0v) is 18.0. The predicted octanol–water partition coefficient (Wildman–Crippen LogP) is 3.78. The van der Waals surface area contributed by atoms with E-state index in [4.69, 9.17) is 4.74 Å². The molecule has 6 heteroatoms. The van der Waals surface area contributed by atoms with Crippen LogP contribution in [0.1, 0.15) is 28.4 Å². The molecule has 3 rings (SSSR count). The lowest BCUT2D eigenvalue weighted by Crippen LogP contribution is -2.36. The minimum absolute atomic E-state index is 0.306. The Kier molecular flexibility index (Phi) is 7.03. The summed E-state index contributed by atoms with van der Waals surface area (Å²) in [7, 11) is 0. The molecule has 0 saturated heterocycles. The number of amides is 2. The first-order valence-electron chi connectivity index (χ1n) is 10.2. The van der Waals surface area contributed by atoms with Crippen LogP contribution in [-0.2, 0) is 14.3 Å². The third-order valence-corrected chi connectivity index (χ3v) is 4.91. The van der Waals surface area contributed by atoms with Crippen molar-refractivity contribution in [2.45, 2.75) is 20.8 Å². The van der Waals surface area contributed by atoms with Gasteiger partial charge in [0.05, 0.1) is 5.69 Å². The lowest BCUT2D eigenvalue weighted by molar-refractivity contribution is -0.146. The van der Waals surface area contributed by atoms with E-state index in [1.54, 1.807) is 17.0 Å². The monoisotopic (exact) mass is 418 g/mol. The van der Waals surface area contributed by atoms with Crippen LogP contribution in [0.2, 0.25) is 0 Å². The van der Waals surface area contributed by atoms with Crippen LogP contribution in [0.15, 0.2) is 60.7 Å². The topological polar surface area (TPSA) is 75.7 Å². The molecule has 0 heterocycles. The third-order valence-electron chi connectivity index (χ3n) is 4.91. The molecule has 0 aromatic heterocycles. The van der Waals surface area contributed by atoms with Gasteiger partial charge in [-0.15, -0.1) is 0 Å². The van der Waals surface area contributed by atoms with Crippen molar-refractivity contribution in [1.29, 1.82) is 0 Å². The summed E-state index contributed by atoms with van der Waals surface area (Å²) in [4.78, 5) is 38.6. The van der Waals surface area contributed by atoms with Crippen LogP contribution in [0.4, 0.5) is 5.69 Å². The number of hydrogen-bond donors (Lipinski definition) is 1. The van der Waals surface area contributed by atoms with Crippen LogP contribution in [0.3, 0.4) is 0 Å². The van der Waals surface area contributed by atoms with Gasteiger partial charge < -0.3 is 15.0 Å². The van der Waals surface area contributed by atoms with E-state index in [9.17, 15) is 14.4 Å². The number of anilines is 1. The number of benzene rings is 3. The molecule has 0 bridgehead atoms. The molecule has 0 fully saturated rings. The number of hydrogen-bond acceptors (Lipinski definition) is 4. The highest BCUT2D eigenvalue weighted by Crippen LogP contribution is 2.26. The van der Waals surface area contributed by atoms with Gasteiger partial charge in [0.15, 0.2) is 6.61 Å². The van der Waals surface area contributed by atoms with Gasteiger partial charge in [0, 0.05) is 17.5 Å². The second-order valence-electron chi connectivity index (χ2n) is 7.36. The molecule has 0 saturated carbocycles. The summed E-state index contributed by atoms with van der Waals surface area (Å²) in [5, 5.41) is 4.51. The van der Waals surface area contributed by atoms with E-state index in [0.29, 0.717) is 12.1 Å². The van der Waals surface area contributed by atoms with Gasteiger partial charge in [0.25, 0.3) is 11.8 Å². The molecule has 0 aliphatic carbocycles. The van der Waals surface area contributed by atoms with E-state index in [0.717, 1.165) is 27.6 Å². The Morgan fingerprint density at radius 3 is 2.32 bits per heavy atom. The number of nitrogens with zero attached hydrogens (tertiary/aromatic N) is 1. The summed E-state index contributed by atoms with van der Waals surface area (Å²) in [6.07, 6.45) is 0. The van der Waals surface area contributed by atoms with Crippen LogP contribution in [0, 0.1) is 13.8 Å². The second kappa shape index (κ2) is 9.89. The van der Waals surface area contributed by atoms with E-state index in [1.807, 2.05) is 69.3 Å². The normalized spacial score (nSPS) is 10.5. The molecule has 0 spiro atoms. The van der Waals surface area contributed by atoms with E-state index < -0.39 is 12.6 Å². The van der Waals surface area contributed by atoms with Crippen LogP contribution < -0.4 is 10.2 Å². The predicted molar refractivity (Wildman–Crippen MR) is 121 cm³/mol. The summed E-state index contributed by atoms with van der Waals surface area (Å²) in [5.74, 6) is -1.35. The maximum absolute atomic E-state index is 12.7. The fourth-order valence-electron chi connectivity index (χ4n) is 3.56. The van der Waals surface area contributed by atoms with Gasteiger partial charge in [-0.05, 0) is 44.4 Å².